The summed E-state index contributed by atoms with van der Waals surface area (Å²) in [6.45, 7) is 2.43. The van der Waals surface area contributed by atoms with E-state index < -0.39 is 10.0 Å². The molecule has 0 saturated carbocycles. The van der Waals surface area contributed by atoms with Crippen molar-refractivity contribution in [3.63, 3.8) is 0 Å². The lowest BCUT2D eigenvalue weighted by Crippen LogP contribution is -2.39. The first-order chi connectivity index (χ1) is 14.0. The number of rotatable bonds is 6. The van der Waals surface area contributed by atoms with Crippen LogP contribution in [0.25, 0.3) is 0 Å². The number of methoxy groups -OCH3 is 1. The van der Waals surface area contributed by atoms with Crippen LogP contribution in [0.4, 0.5) is 0 Å². The number of hydrogen-bond donors (Lipinski definition) is 2. The highest BCUT2D eigenvalue weighted by Crippen LogP contribution is 2.28. The Hall–Kier alpha value is -2.58. The minimum Gasteiger partial charge on any atom is -0.497 e. The number of guanidine groups is 1. The summed E-state index contributed by atoms with van der Waals surface area (Å²) in [5, 5.41) is 3.38. The van der Waals surface area contributed by atoms with E-state index in [1.807, 2.05) is 24.3 Å². The van der Waals surface area contributed by atoms with Gasteiger partial charge in [-0.3, -0.25) is 4.99 Å². The van der Waals surface area contributed by atoms with Crippen molar-refractivity contribution in [1.82, 2.24) is 14.9 Å². The second kappa shape index (κ2) is 9.28. The summed E-state index contributed by atoms with van der Waals surface area (Å²) in [6, 6.07) is 15.1. The Morgan fingerprint density at radius 1 is 1.17 bits per heavy atom. The molecule has 2 N–H and O–H groups in total. The summed E-state index contributed by atoms with van der Waals surface area (Å²) in [7, 11) is 1.45. The van der Waals surface area contributed by atoms with Crippen LogP contribution in [-0.4, -0.2) is 53.6 Å². The topological polar surface area (TPSA) is 83.0 Å². The van der Waals surface area contributed by atoms with Crippen LogP contribution in [-0.2, 0) is 16.6 Å². The number of sulfonamides is 1. The lowest BCUT2D eigenvalue weighted by molar-refractivity contribution is 0.414. The van der Waals surface area contributed by atoms with Crippen molar-refractivity contribution >= 4 is 16.0 Å². The zero-order valence-corrected chi connectivity index (χ0v) is 17.9. The number of nitrogens with zero attached hydrogens (tertiary/aromatic N) is 2. The summed E-state index contributed by atoms with van der Waals surface area (Å²) < 4.78 is 31.2. The van der Waals surface area contributed by atoms with E-state index in [9.17, 15) is 8.42 Å². The maximum Gasteiger partial charge on any atom is 0.240 e. The molecule has 1 fully saturated rings. The van der Waals surface area contributed by atoms with Gasteiger partial charge in [0.05, 0.1) is 12.0 Å². The molecule has 0 spiro atoms. The molecule has 1 aliphatic rings. The fraction of sp³-hybridized carbons (Fsp3) is 0.381. The van der Waals surface area contributed by atoms with Crippen molar-refractivity contribution in [1.29, 1.82) is 0 Å². The molecule has 1 aliphatic heterocycles. The lowest BCUT2D eigenvalue weighted by atomic mass is 9.98. The van der Waals surface area contributed by atoms with Gasteiger partial charge in [0, 0.05) is 32.6 Å². The van der Waals surface area contributed by atoms with Crippen LogP contribution in [0, 0.1) is 0 Å². The highest BCUT2D eigenvalue weighted by Gasteiger charge is 2.26. The summed E-state index contributed by atoms with van der Waals surface area (Å²) in [5.74, 6) is 2.19. The third kappa shape index (κ3) is 5.07. The first-order valence-corrected chi connectivity index (χ1v) is 11.1. The third-order valence-corrected chi connectivity index (χ3v) is 6.67. The summed E-state index contributed by atoms with van der Waals surface area (Å²) in [4.78, 5) is 6.93. The predicted molar refractivity (Wildman–Crippen MR) is 115 cm³/mol. The van der Waals surface area contributed by atoms with Gasteiger partial charge in [-0.1, -0.05) is 24.3 Å². The molecule has 0 bridgehead atoms. The van der Waals surface area contributed by atoms with Gasteiger partial charge in [0.25, 0.3) is 0 Å². The molecule has 3 rings (SSSR count). The zero-order chi connectivity index (χ0) is 20.9. The van der Waals surface area contributed by atoms with E-state index in [-0.39, 0.29) is 4.90 Å². The van der Waals surface area contributed by atoms with Crippen LogP contribution in [0.1, 0.15) is 23.5 Å². The van der Waals surface area contributed by atoms with Gasteiger partial charge in [0.1, 0.15) is 5.75 Å². The largest absolute Gasteiger partial charge is 0.497 e. The van der Waals surface area contributed by atoms with Gasteiger partial charge in [0.15, 0.2) is 5.96 Å². The van der Waals surface area contributed by atoms with Gasteiger partial charge < -0.3 is 15.0 Å². The van der Waals surface area contributed by atoms with Crippen molar-refractivity contribution in [2.75, 3.05) is 34.3 Å². The maximum atomic E-state index is 11.8. The van der Waals surface area contributed by atoms with E-state index >= 15 is 0 Å². The molecule has 2 aromatic carbocycles. The number of aliphatic imine (C=N–C) groups is 1. The molecule has 0 aromatic heterocycles. The molecule has 8 heteroatoms. The minimum absolute atomic E-state index is 0.259. The van der Waals surface area contributed by atoms with Gasteiger partial charge in [0.2, 0.25) is 10.0 Å². The minimum atomic E-state index is -3.41. The van der Waals surface area contributed by atoms with E-state index in [1.54, 1.807) is 26.3 Å². The summed E-state index contributed by atoms with van der Waals surface area (Å²) in [6.07, 6.45) is 1.07. The number of ether oxygens (including phenoxy) is 1. The van der Waals surface area contributed by atoms with Crippen LogP contribution in [0.15, 0.2) is 58.4 Å². The van der Waals surface area contributed by atoms with E-state index in [1.165, 1.54) is 12.6 Å². The monoisotopic (exact) mass is 416 g/mol. The molecule has 7 nitrogen and oxygen atoms in total. The Morgan fingerprint density at radius 2 is 1.86 bits per heavy atom. The molecule has 1 saturated heterocycles. The summed E-state index contributed by atoms with van der Waals surface area (Å²) in [5.41, 5.74) is 2.30. The van der Waals surface area contributed by atoms with E-state index in [4.69, 9.17) is 4.74 Å². The molecule has 1 unspecified atom stereocenters. The molecular formula is C21H28N4O3S. The van der Waals surface area contributed by atoms with Crippen LogP contribution < -0.4 is 14.8 Å². The first-order valence-electron chi connectivity index (χ1n) is 9.59. The average molecular weight is 417 g/mol. The Labute approximate surface area is 172 Å². The van der Waals surface area contributed by atoms with Gasteiger partial charge in [-0.25, -0.2) is 13.1 Å². The molecule has 0 aliphatic carbocycles. The SMILES string of the molecule is CN=C(NCc1ccc(S(=O)(=O)NC)cc1)N1CCC(c2ccc(OC)cc2)C1. The molecular weight excluding hydrogens is 388 g/mol. The van der Waals surface area contributed by atoms with Crippen molar-refractivity contribution in [3.05, 3.63) is 59.7 Å². The van der Waals surface area contributed by atoms with Crippen molar-refractivity contribution in [2.45, 2.75) is 23.8 Å². The van der Waals surface area contributed by atoms with E-state index in [0.29, 0.717) is 12.5 Å². The second-order valence-corrected chi connectivity index (χ2v) is 8.84. The van der Waals surface area contributed by atoms with Crippen molar-refractivity contribution in [2.24, 2.45) is 4.99 Å². The third-order valence-electron chi connectivity index (χ3n) is 5.24. The molecule has 1 atom stereocenters. The highest BCUT2D eigenvalue weighted by molar-refractivity contribution is 7.89. The maximum absolute atomic E-state index is 11.8. The number of likely N-dealkylation sites (tertiary alicyclic amines) is 1. The average Bonchev–Trinajstić information content (AvgIpc) is 3.24. The number of nitrogens with one attached hydrogen (secondary N) is 2. The van der Waals surface area contributed by atoms with Crippen LogP contribution >= 0.6 is 0 Å². The predicted octanol–water partition coefficient (Wildman–Crippen LogP) is 2.17. The standard InChI is InChI=1S/C21H28N4O3S/c1-22-21(24-14-16-4-10-20(11-5-16)29(26,27)23-2)25-13-12-18(15-25)17-6-8-19(28-3)9-7-17/h4-11,18,23H,12-15H2,1-3H3,(H,22,24). The molecule has 156 valence electrons. The van der Waals surface area contributed by atoms with Gasteiger partial charge in [-0.15, -0.1) is 0 Å². The molecule has 2 aromatic rings. The van der Waals surface area contributed by atoms with Crippen LogP contribution in [0.5, 0.6) is 5.75 Å². The first kappa shape index (κ1) is 21.1. The molecule has 1 heterocycles. The van der Waals surface area contributed by atoms with Gasteiger partial charge in [-0.2, -0.15) is 0 Å². The Kier molecular flexibility index (Phi) is 6.76. The quantitative estimate of drug-likeness (QED) is 0.557. The highest BCUT2D eigenvalue weighted by atomic mass is 32.2. The van der Waals surface area contributed by atoms with Crippen LogP contribution in [0.2, 0.25) is 0 Å². The van der Waals surface area contributed by atoms with Crippen molar-refractivity contribution in [3.8, 4) is 5.75 Å². The van der Waals surface area contributed by atoms with E-state index in [0.717, 1.165) is 36.8 Å². The molecule has 29 heavy (non-hydrogen) atoms. The van der Waals surface area contributed by atoms with Crippen LogP contribution in [0.3, 0.4) is 0 Å². The second-order valence-electron chi connectivity index (χ2n) is 6.96. The normalized spacial score (nSPS) is 17.4. The molecule has 0 amide bonds. The van der Waals surface area contributed by atoms with Crippen molar-refractivity contribution < 1.29 is 13.2 Å². The fourth-order valence-electron chi connectivity index (χ4n) is 3.52. The Morgan fingerprint density at radius 3 is 2.45 bits per heavy atom. The summed E-state index contributed by atoms with van der Waals surface area (Å²) >= 11 is 0. The Bertz CT molecular complexity index is 941. The van der Waals surface area contributed by atoms with E-state index in [2.05, 4.69) is 32.1 Å². The van der Waals surface area contributed by atoms with Gasteiger partial charge in [-0.05, 0) is 48.9 Å². The van der Waals surface area contributed by atoms with Gasteiger partial charge >= 0.3 is 0 Å². The fourth-order valence-corrected chi connectivity index (χ4v) is 4.25. The number of benzene rings is 2. The number of hydrogen-bond acceptors (Lipinski definition) is 4. The zero-order valence-electron chi connectivity index (χ0n) is 17.1. The smallest absolute Gasteiger partial charge is 0.240 e. The Balaban J connectivity index is 1.58. The molecule has 0 radical (unpaired) electrons. The lowest BCUT2D eigenvalue weighted by Gasteiger charge is -2.22.